The van der Waals surface area contributed by atoms with Gasteiger partial charge >= 0.3 is 18.2 Å². The largest absolute Gasteiger partial charge is 0.493 e. The number of methoxy groups -OCH3 is 2. The van der Waals surface area contributed by atoms with Crippen LogP contribution in [-0.2, 0) is 15.7 Å². The first-order valence-electron chi connectivity index (χ1n) is 17.8. The van der Waals surface area contributed by atoms with Gasteiger partial charge in [-0.2, -0.15) is 13.2 Å². The minimum Gasteiger partial charge on any atom is -0.493 e. The molecule has 5 heterocycles. The highest BCUT2D eigenvalue weighted by Gasteiger charge is 2.44. The molecule has 19 heteroatoms. The van der Waals surface area contributed by atoms with Gasteiger partial charge in [0.1, 0.15) is 11.4 Å². The van der Waals surface area contributed by atoms with E-state index in [0.717, 1.165) is 7.11 Å². The first-order valence-corrected chi connectivity index (χ1v) is 18.3. The number of carbonyl (C=O) groups is 4. The van der Waals surface area contributed by atoms with Crippen LogP contribution in [0.15, 0.2) is 59.0 Å². The Morgan fingerprint density at radius 1 is 1.03 bits per heavy atom. The van der Waals surface area contributed by atoms with E-state index >= 15 is 0 Å². The molecule has 0 spiro atoms. The molecule has 4 N–H and O–H groups in total. The van der Waals surface area contributed by atoms with Crippen molar-refractivity contribution in [2.45, 2.75) is 18.1 Å². The van der Waals surface area contributed by atoms with Gasteiger partial charge in [-0.1, -0.05) is 12.1 Å². The van der Waals surface area contributed by atoms with Crippen LogP contribution in [0.2, 0.25) is 0 Å². The molecular formula is C39H33ClF3N5O10. The number of halogens is 4. The lowest BCUT2D eigenvalue weighted by atomic mass is 9.95. The lowest BCUT2D eigenvalue weighted by Crippen LogP contribution is -2.51. The fraction of sp³-hybridized carbons (Fsp3) is 0.282. The van der Waals surface area contributed by atoms with Crippen LogP contribution in [0.5, 0.6) is 11.5 Å². The second kappa shape index (κ2) is 14.9. The summed E-state index contributed by atoms with van der Waals surface area (Å²) in [6.45, 7) is -0.464. The molecule has 302 valence electrons. The molecule has 6 aromatic rings. The maximum atomic E-state index is 14.6. The number of aliphatic hydroxyl groups is 1. The zero-order valence-corrected chi connectivity index (χ0v) is 31.4. The molecule has 0 saturated carbocycles. The lowest BCUT2D eigenvalue weighted by Gasteiger charge is -2.33. The van der Waals surface area contributed by atoms with Gasteiger partial charge in [0, 0.05) is 58.3 Å². The van der Waals surface area contributed by atoms with Crippen molar-refractivity contribution >= 4 is 79.6 Å². The SMILES string of the molecule is COC(=O)c1c(C(F)(F)F)[nH]c2c(OC(=O)N3CCOC[C@@H]3CO)cc3c(c12)[C@H](CCl)CN3C(=O)c1cc2cc(NC(=O)c3cc4cccc(OC)c4o3)ccc2[nH]1. The molecule has 3 aromatic heterocycles. The van der Waals surface area contributed by atoms with E-state index in [9.17, 15) is 37.5 Å². The number of anilines is 2. The molecular weight excluding hydrogens is 791 g/mol. The molecule has 1 fully saturated rings. The minimum atomic E-state index is -5.09. The maximum absolute atomic E-state index is 14.6. The van der Waals surface area contributed by atoms with E-state index in [1.807, 2.05) is 0 Å². The smallest absolute Gasteiger partial charge is 0.432 e. The topological polar surface area (TPSA) is 189 Å². The number of H-pyrrole nitrogens is 2. The van der Waals surface area contributed by atoms with Crippen molar-refractivity contribution in [2.75, 3.05) is 63.2 Å². The Kier molecular flexibility index (Phi) is 9.94. The summed E-state index contributed by atoms with van der Waals surface area (Å²) < 4.78 is 70.6. The molecule has 0 unspecified atom stereocenters. The predicted molar refractivity (Wildman–Crippen MR) is 203 cm³/mol. The number of hydrogen-bond donors (Lipinski definition) is 4. The fourth-order valence-corrected chi connectivity index (χ4v) is 7.74. The molecule has 2 aliphatic heterocycles. The summed E-state index contributed by atoms with van der Waals surface area (Å²) in [5.74, 6) is -3.34. The number of morpholine rings is 1. The molecule has 8 rings (SSSR count). The quantitative estimate of drug-likeness (QED) is 0.0958. The van der Waals surface area contributed by atoms with E-state index in [1.165, 1.54) is 29.0 Å². The van der Waals surface area contributed by atoms with Gasteiger partial charge in [0.05, 0.1) is 56.8 Å². The number of para-hydroxylation sites is 1. The Bertz CT molecular complexity index is 2640. The number of alkyl halides is 4. The van der Waals surface area contributed by atoms with Gasteiger partial charge in [-0.3, -0.25) is 14.5 Å². The highest BCUT2D eigenvalue weighted by molar-refractivity contribution is 6.20. The summed E-state index contributed by atoms with van der Waals surface area (Å²) in [6.07, 6.45) is -6.09. The van der Waals surface area contributed by atoms with E-state index in [4.69, 9.17) is 35.0 Å². The predicted octanol–water partition coefficient (Wildman–Crippen LogP) is 6.64. The average molecular weight is 824 g/mol. The van der Waals surface area contributed by atoms with Crippen molar-refractivity contribution in [3.63, 3.8) is 0 Å². The second-order valence-corrected chi connectivity index (χ2v) is 13.9. The number of aromatic nitrogens is 2. The zero-order valence-electron chi connectivity index (χ0n) is 30.6. The maximum Gasteiger partial charge on any atom is 0.432 e. The molecule has 2 aliphatic rings. The van der Waals surface area contributed by atoms with Gasteiger partial charge in [0.2, 0.25) is 0 Å². The molecule has 0 aliphatic carbocycles. The third-order valence-electron chi connectivity index (χ3n) is 10.2. The molecule has 58 heavy (non-hydrogen) atoms. The summed E-state index contributed by atoms with van der Waals surface area (Å²) in [5.41, 5.74) is -1.10. The highest BCUT2D eigenvalue weighted by atomic mass is 35.5. The van der Waals surface area contributed by atoms with Crippen LogP contribution in [0.4, 0.5) is 29.3 Å². The van der Waals surface area contributed by atoms with E-state index in [1.54, 1.807) is 42.5 Å². The minimum absolute atomic E-state index is 0.00655. The number of aliphatic hydroxyl groups excluding tert-OH is 1. The van der Waals surface area contributed by atoms with E-state index in [-0.39, 0.29) is 65.8 Å². The van der Waals surface area contributed by atoms with Crippen molar-refractivity contribution in [2.24, 2.45) is 0 Å². The molecule has 0 bridgehead atoms. The van der Waals surface area contributed by atoms with Crippen LogP contribution in [-0.4, -0.2) is 103 Å². The van der Waals surface area contributed by atoms with Crippen molar-refractivity contribution < 1.29 is 60.8 Å². The van der Waals surface area contributed by atoms with Crippen LogP contribution in [0.25, 0.3) is 32.8 Å². The highest BCUT2D eigenvalue weighted by Crippen LogP contribution is 2.50. The number of carbonyl (C=O) groups excluding carboxylic acids is 4. The number of rotatable bonds is 8. The Hall–Kier alpha value is -6.24. The van der Waals surface area contributed by atoms with Crippen LogP contribution < -0.4 is 19.7 Å². The number of aromatic amines is 2. The molecule has 15 nitrogen and oxygen atoms in total. The van der Waals surface area contributed by atoms with Crippen LogP contribution in [0.1, 0.15) is 48.6 Å². The number of esters is 1. The van der Waals surface area contributed by atoms with Gasteiger partial charge in [0.15, 0.2) is 22.8 Å². The number of ether oxygens (including phenoxy) is 4. The Morgan fingerprint density at radius 2 is 1.84 bits per heavy atom. The monoisotopic (exact) mass is 823 g/mol. The molecule has 3 aromatic carbocycles. The second-order valence-electron chi connectivity index (χ2n) is 13.6. The third kappa shape index (κ3) is 6.61. The normalized spacial score (nSPS) is 16.9. The summed E-state index contributed by atoms with van der Waals surface area (Å²) in [5, 5.41) is 13.6. The van der Waals surface area contributed by atoms with Gasteiger partial charge in [-0.05, 0) is 42.0 Å². The summed E-state index contributed by atoms with van der Waals surface area (Å²) >= 11 is 6.41. The Morgan fingerprint density at radius 3 is 2.57 bits per heavy atom. The van der Waals surface area contributed by atoms with Crippen LogP contribution in [0.3, 0.4) is 0 Å². The number of fused-ring (bicyclic) bond motifs is 5. The Labute approximate surface area is 330 Å². The van der Waals surface area contributed by atoms with Crippen molar-refractivity contribution in [3.05, 3.63) is 82.9 Å². The molecule has 1 saturated heterocycles. The van der Waals surface area contributed by atoms with Gasteiger partial charge in [-0.25, -0.2) is 9.59 Å². The standard InChI is InChI=1S/C39H33ClF3N5O10/c1-54-26-5-3-4-18-12-28(57-33(18)26)35(50)44-21-6-7-23-19(10-21)11-24(45-23)36(51)48-15-20(14-40)29-25(48)13-27(58-38(53)47-8-9-56-17-22(47)16-49)32-30(29)31(37(52)55-2)34(46-32)39(41,42)43/h3-7,10-13,20,22,45-46,49H,8-9,14-17H2,1-2H3,(H,44,50)/t20-,22+/m1/s1. The number of furan rings is 1. The third-order valence-corrected chi connectivity index (χ3v) is 10.6. The van der Waals surface area contributed by atoms with Crippen molar-refractivity contribution in [1.29, 1.82) is 0 Å². The Balaban J connectivity index is 1.17. The van der Waals surface area contributed by atoms with Crippen molar-refractivity contribution in [3.8, 4) is 11.5 Å². The number of nitrogens with zero attached hydrogens (tertiary/aromatic N) is 2. The molecule has 0 radical (unpaired) electrons. The summed E-state index contributed by atoms with van der Waals surface area (Å²) in [7, 11) is 2.42. The zero-order chi connectivity index (χ0) is 41.0. The number of nitrogens with one attached hydrogen (secondary N) is 3. The number of amides is 3. The van der Waals surface area contributed by atoms with Gasteiger partial charge < -0.3 is 48.7 Å². The number of benzene rings is 3. The van der Waals surface area contributed by atoms with Crippen LogP contribution in [0, 0.1) is 0 Å². The van der Waals surface area contributed by atoms with E-state index in [2.05, 4.69) is 15.3 Å². The first kappa shape index (κ1) is 38.6. The molecule has 3 amide bonds. The van der Waals surface area contributed by atoms with Crippen LogP contribution >= 0.6 is 11.6 Å². The molecule has 2 atom stereocenters. The van der Waals surface area contributed by atoms with E-state index in [0.29, 0.717) is 33.3 Å². The average Bonchev–Trinajstić information content (AvgIpc) is 4.02. The first-order chi connectivity index (χ1) is 27.8. The van der Waals surface area contributed by atoms with E-state index < -0.39 is 65.6 Å². The van der Waals surface area contributed by atoms with Crippen molar-refractivity contribution in [1.82, 2.24) is 14.9 Å². The van der Waals surface area contributed by atoms with Gasteiger partial charge in [-0.15, -0.1) is 11.6 Å². The summed E-state index contributed by atoms with van der Waals surface area (Å²) in [6, 6.07) is 13.7. The lowest BCUT2D eigenvalue weighted by molar-refractivity contribution is -0.141. The van der Waals surface area contributed by atoms with Gasteiger partial charge in [0.25, 0.3) is 11.8 Å². The summed E-state index contributed by atoms with van der Waals surface area (Å²) in [4.78, 5) is 62.0. The number of hydrogen-bond acceptors (Lipinski definition) is 10. The fourth-order valence-electron chi connectivity index (χ4n) is 7.49.